The summed E-state index contributed by atoms with van der Waals surface area (Å²) in [5.74, 6) is 0.594. The molecule has 0 saturated carbocycles. The average molecular weight is 304 g/mol. The molecule has 0 aliphatic rings. The third-order valence-electron chi connectivity index (χ3n) is 2.82. The van der Waals surface area contributed by atoms with Crippen LogP contribution in [0.1, 0.15) is 15.9 Å². The standard InChI is InChI=1S/C16H16O2S2/c1-18-16(17)13-4-3-5-15(10-13)20-11-12-6-8-14(19-2)9-7-12/h3-10H,11H2,1-2H3. The van der Waals surface area contributed by atoms with Crippen molar-refractivity contribution in [3.63, 3.8) is 0 Å². The molecule has 2 rings (SSSR count). The molecule has 0 aromatic heterocycles. The summed E-state index contributed by atoms with van der Waals surface area (Å²) < 4.78 is 4.73. The van der Waals surface area contributed by atoms with Gasteiger partial charge in [0.1, 0.15) is 0 Å². The molecular weight excluding hydrogens is 288 g/mol. The molecule has 20 heavy (non-hydrogen) atoms. The van der Waals surface area contributed by atoms with Crippen LogP contribution in [0.15, 0.2) is 58.3 Å². The van der Waals surface area contributed by atoms with Crippen molar-refractivity contribution in [2.75, 3.05) is 13.4 Å². The number of carbonyl (C=O) groups excluding carboxylic acids is 1. The van der Waals surface area contributed by atoms with Gasteiger partial charge in [0.15, 0.2) is 0 Å². The van der Waals surface area contributed by atoms with Gasteiger partial charge in [0, 0.05) is 15.5 Å². The van der Waals surface area contributed by atoms with Crippen LogP contribution in [0, 0.1) is 0 Å². The van der Waals surface area contributed by atoms with Crippen molar-refractivity contribution >= 4 is 29.5 Å². The maximum absolute atomic E-state index is 11.5. The Hall–Kier alpha value is -1.39. The molecule has 0 fully saturated rings. The number of esters is 1. The highest BCUT2D eigenvalue weighted by molar-refractivity contribution is 7.98. The second-order valence-corrected chi connectivity index (χ2v) is 6.08. The summed E-state index contributed by atoms with van der Waals surface area (Å²) in [4.78, 5) is 13.8. The summed E-state index contributed by atoms with van der Waals surface area (Å²) in [7, 11) is 1.40. The molecule has 0 radical (unpaired) electrons. The summed E-state index contributed by atoms with van der Waals surface area (Å²) >= 11 is 3.46. The van der Waals surface area contributed by atoms with E-state index in [1.54, 1.807) is 29.6 Å². The SMILES string of the molecule is COC(=O)c1cccc(SCc2ccc(SC)cc2)c1. The van der Waals surface area contributed by atoms with E-state index in [0.717, 1.165) is 10.6 Å². The number of hydrogen-bond donors (Lipinski definition) is 0. The molecule has 0 atom stereocenters. The molecule has 0 spiro atoms. The zero-order valence-corrected chi connectivity index (χ0v) is 13.1. The first-order chi connectivity index (χ1) is 9.72. The Morgan fingerprint density at radius 2 is 1.85 bits per heavy atom. The molecule has 104 valence electrons. The maximum atomic E-state index is 11.5. The Labute approximate surface area is 127 Å². The number of benzene rings is 2. The van der Waals surface area contributed by atoms with Gasteiger partial charge in [-0.05, 0) is 42.2 Å². The molecule has 2 aromatic carbocycles. The van der Waals surface area contributed by atoms with Crippen molar-refractivity contribution in [2.45, 2.75) is 15.5 Å². The number of thioether (sulfide) groups is 2. The van der Waals surface area contributed by atoms with Crippen molar-refractivity contribution in [2.24, 2.45) is 0 Å². The molecule has 0 unspecified atom stereocenters. The first kappa shape index (κ1) is 15.0. The molecule has 0 aliphatic carbocycles. The van der Waals surface area contributed by atoms with Crippen LogP contribution in [0.3, 0.4) is 0 Å². The van der Waals surface area contributed by atoms with Crippen LogP contribution in [0.5, 0.6) is 0 Å². The minimum absolute atomic E-state index is 0.295. The fourth-order valence-electron chi connectivity index (χ4n) is 1.72. The third kappa shape index (κ3) is 4.05. The zero-order chi connectivity index (χ0) is 14.4. The summed E-state index contributed by atoms with van der Waals surface area (Å²) in [5.41, 5.74) is 1.87. The van der Waals surface area contributed by atoms with Crippen LogP contribution in [0.2, 0.25) is 0 Å². The zero-order valence-electron chi connectivity index (χ0n) is 11.5. The second kappa shape index (κ2) is 7.41. The van der Waals surface area contributed by atoms with E-state index >= 15 is 0 Å². The van der Waals surface area contributed by atoms with Crippen LogP contribution < -0.4 is 0 Å². The number of methoxy groups -OCH3 is 1. The summed E-state index contributed by atoms with van der Waals surface area (Å²) in [6.45, 7) is 0. The minimum Gasteiger partial charge on any atom is -0.465 e. The predicted molar refractivity (Wildman–Crippen MR) is 85.6 cm³/mol. The third-order valence-corrected chi connectivity index (χ3v) is 4.63. The predicted octanol–water partition coefficient (Wildman–Crippen LogP) is 4.49. The van der Waals surface area contributed by atoms with Gasteiger partial charge < -0.3 is 4.74 Å². The molecule has 0 heterocycles. The normalized spacial score (nSPS) is 10.3. The number of carbonyl (C=O) groups is 1. The molecule has 0 aliphatic heterocycles. The molecular formula is C16H16O2S2. The van der Waals surface area contributed by atoms with Gasteiger partial charge >= 0.3 is 5.97 Å². The first-order valence-electron chi connectivity index (χ1n) is 6.17. The van der Waals surface area contributed by atoms with Gasteiger partial charge in [-0.2, -0.15) is 0 Å². The van der Waals surface area contributed by atoms with Crippen LogP contribution in [-0.4, -0.2) is 19.3 Å². The number of ether oxygens (including phenoxy) is 1. The lowest BCUT2D eigenvalue weighted by Gasteiger charge is -2.05. The summed E-state index contributed by atoms with van der Waals surface area (Å²) in [5, 5.41) is 0. The Kier molecular flexibility index (Phi) is 5.56. The van der Waals surface area contributed by atoms with Crippen molar-refractivity contribution in [1.82, 2.24) is 0 Å². The fourth-order valence-corrected chi connectivity index (χ4v) is 3.04. The molecule has 0 amide bonds. The van der Waals surface area contributed by atoms with Gasteiger partial charge in [-0.15, -0.1) is 23.5 Å². The van der Waals surface area contributed by atoms with Crippen LogP contribution in [0.25, 0.3) is 0 Å². The van der Waals surface area contributed by atoms with Crippen LogP contribution in [0.4, 0.5) is 0 Å². The minimum atomic E-state index is -0.295. The quantitative estimate of drug-likeness (QED) is 0.600. The highest BCUT2D eigenvalue weighted by atomic mass is 32.2. The van der Waals surface area contributed by atoms with Gasteiger partial charge in [-0.3, -0.25) is 0 Å². The Morgan fingerprint density at radius 3 is 2.50 bits per heavy atom. The molecule has 0 N–H and O–H groups in total. The summed E-state index contributed by atoms with van der Waals surface area (Å²) in [6, 6.07) is 16.1. The molecule has 0 bridgehead atoms. The molecule has 2 nitrogen and oxygen atoms in total. The molecule has 2 aromatic rings. The van der Waals surface area contributed by atoms with Gasteiger partial charge in [0.05, 0.1) is 12.7 Å². The topological polar surface area (TPSA) is 26.3 Å². The average Bonchev–Trinajstić information content (AvgIpc) is 2.53. The molecule has 0 saturated heterocycles. The van der Waals surface area contributed by atoms with E-state index < -0.39 is 0 Å². The van der Waals surface area contributed by atoms with Crippen molar-refractivity contribution in [3.05, 3.63) is 59.7 Å². The summed E-state index contributed by atoms with van der Waals surface area (Å²) in [6.07, 6.45) is 2.07. The van der Waals surface area contributed by atoms with Crippen molar-refractivity contribution in [3.8, 4) is 0 Å². The monoisotopic (exact) mass is 304 g/mol. The largest absolute Gasteiger partial charge is 0.465 e. The highest BCUT2D eigenvalue weighted by Gasteiger charge is 2.06. The fraction of sp³-hybridized carbons (Fsp3) is 0.188. The van der Waals surface area contributed by atoms with Crippen LogP contribution >= 0.6 is 23.5 Å². The van der Waals surface area contributed by atoms with E-state index in [2.05, 4.69) is 30.5 Å². The Balaban J connectivity index is 2.01. The van der Waals surface area contributed by atoms with Gasteiger partial charge in [0.2, 0.25) is 0 Å². The lowest BCUT2D eigenvalue weighted by atomic mass is 10.2. The van der Waals surface area contributed by atoms with Crippen LogP contribution in [-0.2, 0) is 10.5 Å². The van der Waals surface area contributed by atoms with E-state index in [0.29, 0.717) is 5.56 Å². The van der Waals surface area contributed by atoms with Crippen molar-refractivity contribution < 1.29 is 9.53 Å². The van der Waals surface area contributed by atoms with E-state index in [4.69, 9.17) is 4.74 Å². The lowest BCUT2D eigenvalue weighted by molar-refractivity contribution is 0.0600. The molecule has 4 heteroatoms. The maximum Gasteiger partial charge on any atom is 0.337 e. The Bertz CT molecular complexity index is 579. The first-order valence-corrected chi connectivity index (χ1v) is 8.38. The van der Waals surface area contributed by atoms with E-state index in [-0.39, 0.29) is 5.97 Å². The van der Waals surface area contributed by atoms with Gasteiger partial charge in [-0.25, -0.2) is 4.79 Å². The van der Waals surface area contributed by atoms with Gasteiger partial charge in [-0.1, -0.05) is 18.2 Å². The van der Waals surface area contributed by atoms with E-state index in [9.17, 15) is 4.79 Å². The van der Waals surface area contributed by atoms with Gasteiger partial charge in [0.25, 0.3) is 0 Å². The Morgan fingerprint density at radius 1 is 1.10 bits per heavy atom. The second-order valence-electron chi connectivity index (χ2n) is 4.16. The highest BCUT2D eigenvalue weighted by Crippen LogP contribution is 2.25. The lowest BCUT2D eigenvalue weighted by Crippen LogP contribution is -2.00. The number of rotatable bonds is 5. The smallest absolute Gasteiger partial charge is 0.337 e. The van der Waals surface area contributed by atoms with E-state index in [1.807, 2.05) is 18.2 Å². The number of hydrogen-bond acceptors (Lipinski definition) is 4. The van der Waals surface area contributed by atoms with E-state index in [1.165, 1.54) is 17.6 Å². The van der Waals surface area contributed by atoms with Crippen molar-refractivity contribution in [1.29, 1.82) is 0 Å².